The zero-order chi connectivity index (χ0) is 22.9. The Morgan fingerprint density at radius 2 is 2.03 bits per heavy atom. The Kier molecular flexibility index (Phi) is 6.24. The van der Waals surface area contributed by atoms with Crippen LogP contribution in [0.25, 0.3) is 0 Å². The highest BCUT2D eigenvalue weighted by molar-refractivity contribution is 6.12. The van der Waals surface area contributed by atoms with E-state index >= 15 is 0 Å². The predicted molar refractivity (Wildman–Crippen MR) is 110 cm³/mol. The number of esters is 2. The first-order valence-electron chi connectivity index (χ1n) is 9.95. The summed E-state index contributed by atoms with van der Waals surface area (Å²) in [5.41, 5.74) is 1.76. The van der Waals surface area contributed by atoms with Gasteiger partial charge in [0, 0.05) is 35.0 Å². The van der Waals surface area contributed by atoms with E-state index in [1.54, 1.807) is 26.8 Å². The van der Waals surface area contributed by atoms with E-state index in [0.717, 1.165) is 0 Å². The number of ether oxygens (including phenoxy) is 2. The van der Waals surface area contributed by atoms with Gasteiger partial charge in [-0.2, -0.15) is 0 Å². The largest absolute Gasteiger partial charge is 0.468 e. The molecule has 0 fully saturated rings. The molecule has 1 N–H and O–H groups in total. The van der Waals surface area contributed by atoms with E-state index in [1.807, 2.05) is 0 Å². The van der Waals surface area contributed by atoms with Crippen molar-refractivity contribution in [3.8, 4) is 0 Å². The zero-order valence-corrected chi connectivity index (χ0v) is 17.8. The van der Waals surface area contributed by atoms with Gasteiger partial charge < -0.3 is 14.8 Å². The average Bonchev–Trinajstić information content (AvgIpc) is 2.72. The van der Waals surface area contributed by atoms with Crippen LogP contribution in [0, 0.1) is 22.0 Å². The summed E-state index contributed by atoms with van der Waals surface area (Å²) in [6.07, 6.45) is 0.389. The van der Waals surface area contributed by atoms with Gasteiger partial charge in [0.15, 0.2) is 5.78 Å². The number of hydrogen-bond donors (Lipinski definition) is 1. The molecule has 31 heavy (non-hydrogen) atoms. The van der Waals surface area contributed by atoms with E-state index in [1.165, 1.54) is 25.3 Å². The van der Waals surface area contributed by atoms with E-state index in [9.17, 15) is 24.5 Å². The van der Waals surface area contributed by atoms with Crippen LogP contribution in [0.1, 0.15) is 38.7 Å². The van der Waals surface area contributed by atoms with Crippen molar-refractivity contribution in [2.45, 2.75) is 33.1 Å². The number of non-ortho nitro benzene ring substituents is 1. The minimum absolute atomic E-state index is 0.124. The van der Waals surface area contributed by atoms with Crippen molar-refractivity contribution in [3.05, 3.63) is 62.5 Å². The second-order valence-corrected chi connectivity index (χ2v) is 7.61. The van der Waals surface area contributed by atoms with Crippen molar-refractivity contribution < 1.29 is 28.8 Å². The van der Waals surface area contributed by atoms with Gasteiger partial charge in [0.2, 0.25) is 0 Å². The Hall–Kier alpha value is -3.49. The molecule has 0 bridgehead atoms. The molecule has 0 aromatic heterocycles. The lowest BCUT2D eigenvalue weighted by Gasteiger charge is -2.38. The second-order valence-electron chi connectivity index (χ2n) is 7.61. The number of carbonyl (C=O) groups is 3. The van der Waals surface area contributed by atoms with Gasteiger partial charge in [-0.25, -0.2) is 4.79 Å². The van der Waals surface area contributed by atoms with E-state index < -0.39 is 34.5 Å². The first-order valence-corrected chi connectivity index (χ1v) is 9.95. The number of hydrogen-bond acceptors (Lipinski definition) is 8. The molecule has 164 valence electrons. The molecule has 0 radical (unpaired) electrons. The van der Waals surface area contributed by atoms with Crippen molar-refractivity contribution in [1.29, 1.82) is 0 Å². The lowest BCUT2D eigenvalue weighted by Crippen LogP contribution is -2.43. The Morgan fingerprint density at radius 1 is 1.32 bits per heavy atom. The number of allylic oxidation sites excluding steroid dienone is 3. The maximum absolute atomic E-state index is 13.5. The van der Waals surface area contributed by atoms with Crippen LogP contribution in [0.2, 0.25) is 0 Å². The van der Waals surface area contributed by atoms with Gasteiger partial charge in [0.25, 0.3) is 5.69 Å². The predicted octanol–water partition coefficient (Wildman–Crippen LogP) is 2.77. The van der Waals surface area contributed by atoms with Crippen molar-refractivity contribution in [1.82, 2.24) is 5.32 Å². The van der Waals surface area contributed by atoms with Gasteiger partial charge in [-0.3, -0.25) is 19.7 Å². The second kappa shape index (κ2) is 8.71. The lowest BCUT2D eigenvalue weighted by molar-refractivity contribution is -0.384. The van der Waals surface area contributed by atoms with E-state index in [2.05, 4.69) is 5.32 Å². The van der Waals surface area contributed by atoms with Crippen LogP contribution in [0.5, 0.6) is 0 Å². The Bertz CT molecular complexity index is 1020. The number of carbonyl (C=O) groups excluding carboxylic acids is 3. The number of Topliss-reactive ketones (excluding diaryl/α,β-unsaturated/α-hetero) is 1. The van der Waals surface area contributed by atoms with Gasteiger partial charge in [0.1, 0.15) is 5.92 Å². The van der Waals surface area contributed by atoms with Crippen molar-refractivity contribution in [2.24, 2.45) is 11.8 Å². The molecule has 3 rings (SSSR count). The fraction of sp³-hybridized carbons (Fsp3) is 0.409. The monoisotopic (exact) mass is 428 g/mol. The SMILES string of the molecule is CCOC(=O)C1=C(C)NC2=C(C(=O)[C@H](C(=O)OC)[C@H](C)C2)[C@H]1c1cccc([N+](=O)[O-])c1. The van der Waals surface area contributed by atoms with Gasteiger partial charge >= 0.3 is 11.9 Å². The molecule has 0 saturated heterocycles. The third-order valence-electron chi connectivity index (χ3n) is 5.65. The summed E-state index contributed by atoms with van der Waals surface area (Å²) in [6, 6.07) is 5.80. The highest BCUT2D eigenvalue weighted by atomic mass is 16.6. The van der Waals surface area contributed by atoms with Crippen molar-refractivity contribution in [2.75, 3.05) is 13.7 Å². The molecule has 0 unspecified atom stereocenters. The Morgan fingerprint density at radius 3 is 2.65 bits per heavy atom. The fourth-order valence-corrected chi connectivity index (χ4v) is 4.31. The number of nitrogens with zero attached hydrogens (tertiary/aromatic N) is 1. The van der Waals surface area contributed by atoms with Gasteiger partial charge in [-0.15, -0.1) is 0 Å². The topological polar surface area (TPSA) is 125 Å². The van der Waals surface area contributed by atoms with E-state index in [0.29, 0.717) is 23.4 Å². The lowest BCUT2D eigenvalue weighted by atomic mass is 9.69. The minimum atomic E-state index is -1.02. The fourth-order valence-electron chi connectivity index (χ4n) is 4.31. The summed E-state index contributed by atoms with van der Waals surface area (Å²) in [7, 11) is 1.22. The number of rotatable bonds is 5. The Labute approximate surface area is 179 Å². The Balaban J connectivity index is 2.22. The summed E-state index contributed by atoms with van der Waals surface area (Å²) in [5.74, 6) is -3.97. The summed E-state index contributed by atoms with van der Waals surface area (Å²) in [6.45, 7) is 5.27. The van der Waals surface area contributed by atoms with Crippen LogP contribution >= 0.6 is 0 Å². The molecular formula is C22H24N2O7. The number of nitro groups is 1. The third kappa shape index (κ3) is 3.95. The number of ketones is 1. The van der Waals surface area contributed by atoms with Crippen LogP contribution < -0.4 is 5.32 Å². The first-order chi connectivity index (χ1) is 14.7. The molecule has 0 amide bonds. The van der Waals surface area contributed by atoms with Crippen molar-refractivity contribution in [3.63, 3.8) is 0 Å². The maximum Gasteiger partial charge on any atom is 0.336 e. The standard InChI is InChI=1S/C22H24N2O7/c1-5-31-22(27)17-12(3)23-15-9-11(2)16(21(26)30-4)20(25)19(15)18(17)13-7-6-8-14(10-13)24(28)29/h6-8,10-11,16,18,23H,5,9H2,1-4H3/t11-,16-,18+/m1/s1. The van der Waals surface area contributed by atoms with Gasteiger partial charge in [-0.1, -0.05) is 19.1 Å². The molecule has 3 atom stereocenters. The number of methoxy groups -OCH3 is 1. The molecule has 1 aliphatic heterocycles. The zero-order valence-electron chi connectivity index (χ0n) is 17.8. The van der Waals surface area contributed by atoms with Crippen LogP contribution in [0.4, 0.5) is 5.69 Å². The van der Waals surface area contributed by atoms with Crippen LogP contribution in [0.3, 0.4) is 0 Å². The normalized spacial score (nSPS) is 23.1. The smallest absolute Gasteiger partial charge is 0.336 e. The molecule has 2 aliphatic rings. The summed E-state index contributed by atoms with van der Waals surface area (Å²) >= 11 is 0. The number of nitrogens with one attached hydrogen (secondary N) is 1. The molecule has 9 nitrogen and oxygen atoms in total. The van der Waals surface area contributed by atoms with E-state index in [4.69, 9.17) is 9.47 Å². The van der Waals surface area contributed by atoms with Gasteiger partial charge in [0.05, 0.1) is 24.2 Å². The molecule has 1 heterocycles. The summed E-state index contributed by atoms with van der Waals surface area (Å²) in [4.78, 5) is 49.5. The highest BCUT2D eigenvalue weighted by Gasteiger charge is 2.47. The highest BCUT2D eigenvalue weighted by Crippen LogP contribution is 2.45. The maximum atomic E-state index is 13.5. The average molecular weight is 428 g/mol. The summed E-state index contributed by atoms with van der Waals surface area (Å²) in [5, 5.41) is 14.5. The molecule has 1 aliphatic carbocycles. The third-order valence-corrected chi connectivity index (χ3v) is 5.65. The quantitative estimate of drug-likeness (QED) is 0.328. The van der Waals surface area contributed by atoms with Crippen LogP contribution in [0.15, 0.2) is 46.8 Å². The summed E-state index contributed by atoms with van der Waals surface area (Å²) < 4.78 is 10.1. The number of nitro benzene ring substituents is 1. The molecule has 0 spiro atoms. The molecule has 0 saturated carbocycles. The molecule has 9 heteroatoms. The van der Waals surface area contributed by atoms with Crippen LogP contribution in [-0.2, 0) is 23.9 Å². The molecular weight excluding hydrogens is 404 g/mol. The number of benzene rings is 1. The van der Waals surface area contributed by atoms with Crippen LogP contribution in [-0.4, -0.2) is 36.4 Å². The first kappa shape index (κ1) is 22.2. The number of dihydropyridines is 1. The molecule has 1 aromatic rings. The molecule has 1 aromatic carbocycles. The van der Waals surface area contributed by atoms with Gasteiger partial charge in [-0.05, 0) is 31.7 Å². The van der Waals surface area contributed by atoms with Crippen molar-refractivity contribution >= 4 is 23.4 Å². The van der Waals surface area contributed by atoms with E-state index in [-0.39, 0.29) is 29.4 Å². The minimum Gasteiger partial charge on any atom is -0.468 e.